The van der Waals surface area contributed by atoms with Gasteiger partial charge in [0, 0.05) is 26.0 Å². The Morgan fingerprint density at radius 3 is 2.50 bits per heavy atom. The first-order valence-electron chi connectivity index (χ1n) is 9.35. The smallest absolute Gasteiger partial charge is 0.387 e. The first kappa shape index (κ1) is 20.9. The SMILES string of the molecule is CNc1nc(Nc2ccc(OC(F)F)cc2)c(C(N)=O)nc1-c1nc2ccncc2n1C. The second kappa shape index (κ2) is 8.41. The summed E-state index contributed by atoms with van der Waals surface area (Å²) < 4.78 is 30.8. The zero-order chi connectivity index (χ0) is 22.8. The number of hydrogen-bond acceptors (Lipinski definition) is 8. The molecule has 4 N–H and O–H groups in total. The third-order valence-electron chi connectivity index (χ3n) is 4.60. The van der Waals surface area contributed by atoms with Crippen LogP contribution in [-0.4, -0.2) is 44.1 Å². The molecular weight excluding hydrogens is 422 g/mol. The lowest BCUT2D eigenvalue weighted by molar-refractivity contribution is -0.0498. The number of nitrogens with zero attached hydrogens (tertiary/aromatic N) is 5. The van der Waals surface area contributed by atoms with Gasteiger partial charge in [-0.15, -0.1) is 0 Å². The van der Waals surface area contributed by atoms with Crippen LogP contribution in [0.25, 0.3) is 22.6 Å². The van der Waals surface area contributed by atoms with Crippen molar-refractivity contribution in [3.05, 3.63) is 48.4 Å². The van der Waals surface area contributed by atoms with Crippen molar-refractivity contribution < 1.29 is 18.3 Å². The van der Waals surface area contributed by atoms with Crippen LogP contribution < -0.4 is 21.1 Å². The highest BCUT2D eigenvalue weighted by molar-refractivity contribution is 5.97. The maximum Gasteiger partial charge on any atom is 0.387 e. The van der Waals surface area contributed by atoms with Gasteiger partial charge in [-0.25, -0.2) is 15.0 Å². The predicted molar refractivity (Wildman–Crippen MR) is 114 cm³/mol. The number of pyridine rings is 1. The van der Waals surface area contributed by atoms with Crippen molar-refractivity contribution >= 4 is 34.3 Å². The number of carbonyl (C=O) groups excluding carboxylic acids is 1. The summed E-state index contributed by atoms with van der Waals surface area (Å²) in [6.07, 6.45) is 3.30. The van der Waals surface area contributed by atoms with Gasteiger partial charge in [0.25, 0.3) is 5.91 Å². The molecule has 0 saturated carbocycles. The molecule has 0 fully saturated rings. The van der Waals surface area contributed by atoms with Crippen molar-refractivity contribution in [1.29, 1.82) is 0 Å². The van der Waals surface area contributed by atoms with Gasteiger partial charge < -0.3 is 25.7 Å². The van der Waals surface area contributed by atoms with Crippen LogP contribution in [0, 0.1) is 0 Å². The van der Waals surface area contributed by atoms with Crippen molar-refractivity contribution in [2.24, 2.45) is 12.8 Å². The fourth-order valence-corrected chi connectivity index (χ4v) is 3.13. The Labute approximate surface area is 180 Å². The number of benzene rings is 1. The van der Waals surface area contributed by atoms with Gasteiger partial charge in [-0.2, -0.15) is 8.78 Å². The van der Waals surface area contributed by atoms with E-state index in [-0.39, 0.29) is 17.3 Å². The second-order valence-electron chi connectivity index (χ2n) is 6.62. The lowest BCUT2D eigenvalue weighted by Crippen LogP contribution is -2.18. The van der Waals surface area contributed by atoms with E-state index in [0.717, 1.165) is 5.52 Å². The molecule has 1 amide bonds. The summed E-state index contributed by atoms with van der Waals surface area (Å²) in [4.78, 5) is 29.7. The summed E-state index contributed by atoms with van der Waals surface area (Å²) in [7, 11) is 3.45. The minimum atomic E-state index is -2.93. The van der Waals surface area contributed by atoms with Crippen molar-refractivity contribution in [2.45, 2.75) is 6.61 Å². The van der Waals surface area contributed by atoms with Gasteiger partial charge in [0.2, 0.25) is 0 Å². The fourth-order valence-electron chi connectivity index (χ4n) is 3.13. The van der Waals surface area contributed by atoms with Crippen LogP contribution in [0.3, 0.4) is 0 Å². The molecule has 0 saturated heterocycles. The predicted octanol–water partition coefficient (Wildman–Crippen LogP) is 2.91. The number of nitrogens with one attached hydrogen (secondary N) is 2. The maximum absolute atomic E-state index is 12.3. The quantitative estimate of drug-likeness (QED) is 0.400. The number of rotatable bonds is 7. The van der Waals surface area contributed by atoms with E-state index in [1.54, 1.807) is 37.1 Å². The van der Waals surface area contributed by atoms with Crippen LogP contribution in [0.15, 0.2) is 42.7 Å². The normalized spacial score (nSPS) is 11.0. The molecule has 0 unspecified atom stereocenters. The average Bonchev–Trinajstić information content (AvgIpc) is 3.11. The molecule has 3 heterocycles. The van der Waals surface area contributed by atoms with E-state index < -0.39 is 12.5 Å². The molecule has 0 bridgehead atoms. The number of carbonyl (C=O) groups is 1. The monoisotopic (exact) mass is 440 g/mol. The lowest BCUT2D eigenvalue weighted by Gasteiger charge is -2.14. The summed E-state index contributed by atoms with van der Waals surface area (Å²) in [6, 6.07) is 7.46. The van der Waals surface area contributed by atoms with Gasteiger partial charge in [0.15, 0.2) is 23.2 Å². The zero-order valence-electron chi connectivity index (χ0n) is 17.0. The van der Waals surface area contributed by atoms with Crippen molar-refractivity contribution in [1.82, 2.24) is 24.5 Å². The van der Waals surface area contributed by atoms with E-state index in [4.69, 9.17) is 5.73 Å². The Morgan fingerprint density at radius 1 is 1.12 bits per heavy atom. The summed E-state index contributed by atoms with van der Waals surface area (Å²) >= 11 is 0. The Bertz CT molecular complexity index is 1290. The van der Waals surface area contributed by atoms with E-state index in [2.05, 4.69) is 35.3 Å². The summed E-state index contributed by atoms with van der Waals surface area (Å²) in [5.41, 5.74) is 7.71. The summed E-state index contributed by atoms with van der Waals surface area (Å²) in [5, 5.41) is 5.88. The highest BCUT2D eigenvalue weighted by Crippen LogP contribution is 2.30. The number of aromatic nitrogens is 5. The van der Waals surface area contributed by atoms with Gasteiger partial charge in [-0.1, -0.05) is 0 Å². The van der Waals surface area contributed by atoms with Crippen LogP contribution in [0.5, 0.6) is 5.75 Å². The van der Waals surface area contributed by atoms with E-state index in [9.17, 15) is 13.6 Å². The number of alkyl halides is 2. The van der Waals surface area contributed by atoms with Gasteiger partial charge >= 0.3 is 6.61 Å². The fraction of sp³-hybridized carbons (Fsp3) is 0.150. The van der Waals surface area contributed by atoms with E-state index >= 15 is 0 Å². The Balaban J connectivity index is 1.76. The number of primary amides is 1. The van der Waals surface area contributed by atoms with Gasteiger partial charge in [0.05, 0.1) is 17.2 Å². The molecule has 0 aliphatic carbocycles. The van der Waals surface area contributed by atoms with Gasteiger partial charge in [-0.05, 0) is 30.3 Å². The Hall–Kier alpha value is -4.35. The molecule has 0 atom stereocenters. The van der Waals surface area contributed by atoms with Crippen molar-refractivity contribution in [2.75, 3.05) is 17.7 Å². The Kier molecular flexibility index (Phi) is 5.50. The van der Waals surface area contributed by atoms with Crippen LogP contribution >= 0.6 is 0 Å². The summed E-state index contributed by atoms with van der Waals surface area (Å²) in [5.74, 6) is 0.0961. The van der Waals surface area contributed by atoms with Crippen molar-refractivity contribution in [3.8, 4) is 17.3 Å². The lowest BCUT2D eigenvalue weighted by atomic mass is 10.2. The molecule has 0 spiro atoms. The molecule has 164 valence electrons. The molecule has 0 aliphatic rings. The molecular formula is C20H18F2N8O2. The zero-order valence-corrected chi connectivity index (χ0v) is 17.0. The number of halogens is 2. The molecule has 0 radical (unpaired) electrons. The molecule has 10 nitrogen and oxygen atoms in total. The van der Waals surface area contributed by atoms with Gasteiger partial charge in [0.1, 0.15) is 11.4 Å². The number of aryl methyl sites for hydroxylation is 1. The average molecular weight is 440 g/mol. The Morgan fingerprint density at radius 2 is 1.88 bits per heavy atom. The number of anilines is 3. The number of ether oxygens (including phenoxy) is 1. The van der Waals surface area contributed by atoms with Crippen LogP contribution in [0.2, 0.25) is 0 Å². The molecule has 1 aromatic carbocycles. The van der Waals surface area contributed by atoms with E-state index in [0.29, 0.717) is 28.5 Å². The molecule has 12 heteroatoms. The number of fused-ring (bicyclic) bond motifs is 1. The third-order valence-corrected chi connectivity index (χ3v) is 4.60. The van der Waals surface area contributed by atoms with E-state index in [1.807, 2.05) is 0 Å². The molecule has 4 rings (SSSR count). The first-order valence-corrected chi connectivity index (χ1v) is 9.35. The highest BCUT2D eigenvalue weighted by Gasteiger charge is 2.22. The van der Waals surface area contributed by atoms with E-state index in [1.165, 1.54) is 24.3 Å². The number of amides is 1. The summed E-state index contributed by atoms with van der Waals surface area (Å²) in [6.45, 7) is -2.93. The third kappa shape index (κ3) is 3.97. The van der Waals surface area contributed by atoms with Crippen LogP contribution in [-0.2, 0) is 7.05 Å². The topological polar surface area (TPSA) is 133 Å². The standard InChI is InChI=1S/C20H18F2N8O2/c1-24-17-15(19-27-12-7-8-25-9-13(12)30(19)2)28-14(16(23)31)18(29-17)26-10-3-5-11(6-4-10)32-20(21)22/h3-9,20H,1-2H3,(H2,23,31)(H2,24,26,29). The second-order valence-corrected chi connectivity index (χ2v) is 6.62. The number of nitrogens with two attached hydrogens (primary N) is 1. The molecule has 32 heavy (non-hydrogen) atoms. The minimum Gasteiger partial charge on any atom is -0.435 e. The number of imidazole rings is 1. The molecule has 3 aromatic heterocycles. The van der Waals surface area contributed by atoms with Gasteiger partial charge in [-0.3, -0.25) is 9.78 Å². The maximum atomic E-state index is 12.3. The van der Waals surface area contributed by atoms with Crippen molar-refractivity contribution in [3.63, 3.8) is 0 Å². The molecule has 4 aromatic rings. The minimum absolute atomic E-state index is 0.00522. The number of hydrogen-bond donors (Lipinski definition) is 3. The molecule has 0 aliphatic heterocycles. The highest BCUT2D eigenvalue weighted by atomic mass is 19.3. The van der Waals surface area contributed by atoms with Crippen LogP contribution in [0.1, 0.15) is 10.5 Å². The van der Waals surface area contributed by atoms with Crippen LogP contribution in [0.4, 0.5) is 26.1 Å². The first-order chi connectivity index (χ1) is 15.4. The largest absolute Gasteiger partial charge is 0.435 e.